The van der Waals surface area contributed by atoms with E-state index in [0.29, 0.717) is 0 Å². The Morgan fingerprint density at radius 2 is 2.23 bits per heavy atom. The van der Waals surface area contributed by atoms with E-state index in [9.17, 15) is 0 Å². The van der Waals surface area contributed by atoms with Crippen molar-refractivity contribution in [2.45, 2.75) is 26.7 Å². The topological polar surface area (TPSA) is 27.0 Å². The molecule has 0 aromatic carbocycles. The van der Waals surface area contributed by atoms with Gasteiger partial charge in [0.25, 0.3) is 0 Å². The molecule has 0 aromatic rings. The van der Waals surface area contributed by atoms with E-state index >= 15 is 0 Å². The fourth-order valence-corrected chi connectivity index (χ4v) is 1.21. The minimum Gasteiger partial charge on any atom is -0.302 e. The van der Waals surface area contributed by atoms with Crippen LogP contribution in [0.1, 0.15) is 26.7 Å². The van der Waals surface area contributed by atoms with Crippen molar-refractivity contribution in [2.24, 2.45) is 5.92 Å². The largest absolute Gasteiger partial charge is 0.302 e. The first-order valence-corrected chi connectivity index (χ1v) is 4.80. The number of nitrogens with zero attached hydrogens (tertiary/aromatic N) is 2. The lowest BCUT2D eigenvalue weighted by molar-refractivity contribution is 0.266. The first-order valence-electron chi connectivity index (χ1n) is 4.80. The van der Waals surface area contributed by atoms with Gasteiger partial charge in [-0.2, -0.15) is 5.26 Å². The summed E-state index contributed by atoms with van der Waals surface area (Å²) in [5, 5.41) is 8.64. The van der Waals surface area contributed by atoms with Gasteiger partial charge in [0.15, 0.2) is 0 Å². The van der Waals surface area contributed by atoms with E-state index in [1.165, 1.54) is 0 Å². The molecule has 13 heavy (non-hydrogen) atoms. The zero-order valence-electron chi connectivity index (χ0n) is 8.58. The van der Waals surface area contributed by atoms with Crippen molar-refractivity contribution < 1.29 is 0 Å². The third-order valence-corrected chi connectivity index (χ3v) is 2.00. The van der Waals surface area contributed by atoms with Gasteiger partial charge in [0.05, 0.1) is 12.0 Å². The van der Waals surface area contributed by atoms with Crippen molar-refractivity contribution in [1.82, 2.24) is 4.90 Å². The molecular weight excluding hydrogens is 160 g/mol. The second kappa shape index (κ2) is 7.65. The third-order valence-electron chi connectivity index (χ3n) is 2.00. The van der Waals surface area contributed by atoms with E-state index in [1.807, 2.05) is 6.92 Å². The number of unbranched alkanes of at least 4 members (excludes halogenated alkanes) is 1. The number of hydrogen-bond acceptors (Lipinski definition) is 2. The van der Waals surface area contributed by atoms with E-state index in [0.717, 1.165) is 32.5 Å². The smallest absolute Gasteiger partial charge is 0.0666 e. The van der Waals surface area contributed by atoms with Crippen LogP contribution in [-0.4, -0.2) is 24.5 Å². The number of nitriles is 1. The molecule has 0 heterocycles. The number of rotatable bonds is 6. The van der Waals surface area contributed by atoms with Gasteiger partial charge in [-0.15, -0.1) is 12.3 Å². The predicted octanol–water partition coefficient (Wildman–Crippen LogP) is 1.88. The van der Waals surface area contributed by atoms with Gasteiger partial charge in [0.1, 0.15) is 0 Å². The van der Waals surface area contributed by atoms with Crippen LogP contribution in [0.2, 0.25) is 0 Å². The molecule has 0 saturated heterocycles. The molecule has 0 aliphatic heterocycles. The SMILES string of the molecule is C#CCCCN(CC)CC(C)C#N. The van der Waals surface area contributed by atoms with Gasteiger partial charge in [-0.3, -0.25) is 0 Å². The summed E-state index contributed by atoms with van der Waals surface area (Å²) in [6.07, 6.45) is 7.02. The van der Waals surface area contributed by atoms with Crippen LogP contribution in [0, 0.1) is 29.6 Å². The molecule has 1 unspecified atom stereocenters. The normalized spacial score (nSPS) is 12.1. The summed E-state index contributed by atoms with van der Waals surface area (Å²) in [4.78, 5) is 2.27. The Morgan fingerprint density at radius 1 is 1.54 bits per heavy atom. The predicted molar refractivity (Wildman–Crippen MR) is 55.0 cm³/mol. The molecular formula is C11H18N2. The summed E-state index contributed by atoms with van der Waals surface area (Å²) in [7, 11) is 0. The number of terminal acetylenes is 1. The Bertz CT molecular complexity index is 197. The number of hydrogen-bond donors (Lipinski definition) is 0. The van der Waals surface area contributed by atoms with E-state index in [1.54, 1.807) is 0 Å². The first kappa shape index (κ1) is 12.0. The molecule has 72 valence electrons. The summed E-state index contributed by atoms with van der Waals surface area (Å²) in [6.45, 7) is 6.92. The molecule has 0 aliphatic carbocycles. The van der Waals surface area contributed by atoms with Gasteiger partial charge in [0.2, 0.25) is 0 Å². The van der Waals surface area contributed by atoms with E-state index < -0.39 is 0 Å². The van der Waals surface area contributed by atoms with Crippen LogP contribution >= 0.6 is 0 Å². The Labute approximate surface area is 81.5 Å². The highest BCUT2D eigenvalue weighted by Gasteiger charge is 2.06. The van der Waals surface area contributed by atoms with Crippen molar-refractivity contribution in [3.05, 3.63) is 0 Å². The molecule has 0 rings (SSSR count). The molecule has 0 N–H and O–H groups in total. The van der Waals surface area contributed by atoms with Crippen molar-refractivity contribution in [2.75, 3.05) is 19.6 Å². The molecule has 0 radical (unpaired) electrons. The standard InChI is InChI=1S/C11H18N2/c1-4-6-7-8-13(5-2)10-11(3)9-12/h1,11H,5-8,10H2,2-3H3. The lowest BCUT2D eigenvalue weighted by Crippen LogP contribution is -2.28. The minimum absolute atomic E-state index is 0.116. The van der Waals surface area contributed by atoms with E-state index in [2.05, 4.69) is 23.8 Å². The maximum Gasteiger partial charge on any atom is 0.0666 e. The van der Waals surface area contributed by atoms with Crippen molar-refractivity contribution in [3.8, 4) is 18.4 Å². The second-order valence-corrected chi connectivity index (χ2v) is 3.23. The average Bonchev–Trinajstić information content (AvgIpc) is 2.16. The van der Waals surface area contributed by atoms with Crippen LogP contribution in [0.15, 0.2) is 0 Å². The molecule has 0 aromatic heterocycles. The minimum atomic E-state index is 0.116. The van der Waals surface area contributed by atoms with Gasteiger partial charge in [-0.05, 0) is 26.4 Å². The highest BCUT2D eigenvalue weighted by atomic mass is 15.1. The second-order valence-electron chi connectivity index (χ2n) is 3.23. The molecule has 0 saturated carbocycles. The van der Waals surface area contributed by atoms with Crippen LogP contribution < -0.4 is 0 Å². The lowest BCUT2D eigenvalue weighted by Gasteiger charge is -2.20. The van der Waals surface area contributed by atoms with E-state index in [4.69, 9.17) is 11.7 Å². The molecule has 2 nitrogen and oxygen atoms in total. The first-order chi connectivity index (χ1) is 6.24. The maximum absolute atomic E-state index is 8.64. The van der Waals surface area contributed by atoms with Crippen LogP contribution in [0.25, 0.3) is 0 Å². The van der Waals surface area contributed by atoms with Gasteiger partial charge in [-0.25, -0.2) is 0 Å². The molecule has 0 aliphatic rings. The Kier molecular flexibility index (Phi) is 7.07. The fraction of sp³-hybridized carbons (Fsp3) is 0.727. The van der Waals surface area contributed by atoms with Gasteiger partial charge < -0.3 is 4.90 Å². The quantitative estimate of drug-likeness (QED) is 0.458. The van der Waals surface area contributed by atoms with Crippen molar-refractivity contribution >= 4 is 0 Å². The fourth-order valence-electron chi connectivity index (χ4n) is 1.21. The van der Waals surface area contributed by atoms with E-state index in [-0.39, 0.29) is 5.92 Å². The monoisotopic (exact) mass is 178 g/mol. The summed E-state index contributed by atoms with van der Waals surface area (Å²) >= 11 is 0. The molecule has 0 spiro atoms. The zero-order chi connectivity index (χ0) is 10.1. The van der Waals surface area contributed by atoms with Crippen molar-refractivity contribution in [1.29, 1.82) is 5.26 Å². The summed E-state index contributed by atoms with van der Waals surface area (Å²) in [5.41, 5.74) is 0. The third kappa shape index (κ3) is 6.20. The molecule has 0 fully saturated rings. The summed E-state index contributed by atoms with van der Waals surface area (Å²) in [5.74, 6) is 2.74. The summed E-state index contributed by atoms with van der Waals surface area (Å²) < 4.78 is 0. The Balaban J connectivity index is 3.65. The van der Waals surface area contributed by atoms with Crippen LogP contribution in [-0.2, 0) is 0 Å². The molecule has 0 amide bonds. The maximum atomic E-state index is 8.64. The van der Waals surface area contributed by atoms with Crippen molar-refractivity contribution in [3.63, 3.8) is 0 Å². The Morgan fingerprint density at radius 3 is 2.69 bits per heavy atom. The van der Waals surface area contributed by atoms with Gasteiger partial charge in [0, 0.05) is 13.0 Å². The molecule has 0 bridgehead atoms. The molecule has 2 heteroatoms. The average molecular weight is 178 g/mol. The highest BCUT2D eigenvalue weighted by Crippen LogP contribution is 2.00. The van der Waals surface area contributed by atoms with Gasteiger partial charge in [-0.1, -0.05) is 6.92 Å². The molecule has 1 atom stereocenters. The van der Waals surface area contributed by atoms with Gasteiger partial charge >= 0.3 is 0 Å². The van der Waals surface area contributed by atoms with Crippen LogP contribution in [0.5, 0.6) is 0 Å². The lowest BCUT2D eigenvalue weighted by atomic mass is 10.2. The Hall–Kier alpha value is -0.990. The highest BCUT2D eigenvalue weighted by molar-refractivity contribution is 4.84. The zero-order valence-corrected chi connectivity index (χ0v) is 8.58. The summed E-state index contributed by atoms with van der Waals surface area (Å²) in [6, 6.07) is 2.24. The van der Waals surface area contributed by atoms with Crippen LogP contribution in [0.4, 0.5) is 0 Å². The van der Waals surface area contributed by atoms with Crippen LogP contribution in [0.3, 0.4) is 0 Å².